The molecule has 0 spiro atoms. The predicted octanol–water partition coefficient (Wildman–Crippen LogP) is -0.179. The number of H-pyrrole nitrogens is 2. The first-order valence-electron chi connectivity index (χ1n) is 12.5. The maximum atomic E-state index is 14.4. The summed E-state index contributed by atoms with van der Waals surface area (Å²) >= 11 is 0. The van der Waals surface area contributed by atoms with E-state index in [1.165, 1.54) is 26.2 Å². The monoisotopic (exact) mass is 570 g/mol. The second kappa shape index (κ2) is 12.1. The lowest BCUT2D eigenvalue weighted by molar-refractivity contribution is -0.156. The number of esters is 2. The Morgan fingerprint density at radius 3 is 1.55 bits per heavy atom. The number of hydrogen-bond acceptors (Lipinski definition) is 10. The van der Waals surface area contributed by atoms with Crippen molar-refractivity contribution in [2.45, 2.75) is 76.5 Å². The van der Waals surface area contributed by atoms with E-state index in [9.17, 15) is 37.5 Å². The summed E-state index contributed by atoms with van der Waals surface area (Å²) in [6.45, 7) is 2.03. The van der Waals surface area contributed by atoms with Gasteiger partial charge in [-0.25, -0.2) is 18.4 Å². The van der Waals surface area contributed by atoms with E-state index < -0.39 is 97.5 Å². The van der Waals surface area contributed by atoms with Gasteiger partial charge in [-0.1, -0.05) is 0 Å². The number of ether oxygens (including phenoxy) is 4. The number of carbonyl (C=O) groups is 2. The summed E-state index contributed by atoms with van der Waals surface area (Å²) < 4.78 is 51.9. The molecule has 2 aliphatic heterocycles. The summed E-state index contributed by atoms with van der Waals surface area (Å²) in [5.74, 6) is -1.66. The summed E-state index contributed by atoms with van der Waals surface area (Å²) in [6.07, 6.45) is -6.11. The molecule has 6 atom stereocenters. The second-order valence-corrected chi connectivity index (χ2v) is 9.59. The first-order chi connectivity index (χ1) is 18.9. The normalized spacial score (nSPS) is 26.1. The van der Waals surface area contributed by atoms with Crippen molar-refractivity contribution in [2.24, 2.45) is 0 Å². The Balaban J connectivity index is 1.19. The lowest BCUT2D eigenvalue weighted by Crippen LogP contribution is -2.33. The molecule has 2 fully saturated rings. The zero-order chi connectivity index (χ0) is 29.1. The van der Waals surface area contributed by atoms with Crippen molar-refractivity contribution in [3.05, 3.63) is 65.2 Å². The number of alkyl halides is 2. The molecule has 2 aromatic rings. The molecule has 0 aromatic carbocycles. The van der Waals surface area contributed by atoms with Crippen LogP contribution in [0.3, 0.4) is 0 Å². The molecule has 16 heteroatoms. The molecule has 0 amide bonds. The molecule has 0 unspecified atom stereocenters. The molecule has 2 aliphatic rings. The van der Waals surface area contributed by atoms with E-state index in [2.05, 4.69) is 9.97 Å². The Kier molecular flexibility index (Phi) is 8.78. The van der Waals surface area contributed by atoms with Crippen molar-refractivity contribution in [1.82, 2.24) is 19.1 Å². The van der Waals surface area contributed by atoms with Crippen LogP contribution in [0.1, 0.15) is 49.3 Å². The number of aromatic amines is 2. The minimum absolute atomic E-state index is 0.198. The molecule has 0 radical (unpaired) electrons. The van der Waals surface area contributed by atoms with Crippen LogP contribution in [-0.4, -0.2) is 68.8 Å². The van der Waals surface area contributed by atoms with Gasteiger partial charge in [0.25, 0.3) is 11.1 Å². The average Bonchev–Trinajstić information content (AvgIpc) is 3.46. The highest BCUT2D eigenvalue weighted by Crippen LogP contribution is 2.31. The van der Waals surface area contributed by atoms with E-state index >= 15 is 0 Å². The third-order valence-electron chi connectivity index (χ3n) is 6.59. The van der Waals surface area contributed by atoms with Crippen LogP contribution in [0.25, 0.3) is 0 Å². The van der Waals surface area contributed by atoms with E-state index in [0.29, 0.717) is 0 Å². The number of rotatable bonds is 9. The summed E-state index contributed by atoms with van der Waals surface area (Å²) in [5, 5.41) is 0. The smallest absolute Gasteiger partial charge is 0.330 e. The molecule has 0 bridgehead atoms. The molecule has 4 heterocycles. The van der Waals surface area contributed by atoms with Crippen molar-refractivity contribution < 1.29 is 37.3 Å². The average molecular weight is 571 g/mol. The van der Waals surface area contributed by atoms with Crippen LogP contribution in [0.15, 0.2) is 31.6 Å². The van der Waals surface area contributed by atoms with Gasteiger partial charge in [0.1, 0.15) is 50.2 Å². The van der Waals surface area contributed by atoms with Gasteiger partial charge in [-0.15, -0.1) is 0 Å². The van der Waals surface area contributed by atoms with Crippen molar-refractivity contribution in [2.75, 3.05) is 13.2 Å². The molecular formula is C24H28F2N4O10. The van der Waals surface area contributed by atoms with Crippen LogP contribution in [0.4, 0.5) is 8.78 Å². The van der Waals surface area contributed by atoms with Gasteiger partial charge in [-0.3, -0.25) is 38.3 Å². The maximum Gasteiger partial charge on any atom is 0.330 e. The van der Waals surface area contributed by atoms with Crippen LogP contribution in [-0.2, 0) is 28.5 Å². The largest absolute Gasteiger partial charge is 0.463 e. The zero-order valence-corrected chi connectivity index (χ0v) is 21.6. The van der Waals surface area contributed by atoms with Crippen molar-refractivity contribution >= 4 is 11.9 Å². The minimum atomic E-state index is -1.55. The highest BCUT2D eigenvalue weighted by molar-refractivity contribution is 5.77. The van der Waals surface area contributed by atoms with Crippen LogP contribution >= 0.6 is 0 Å². The van der Waals surface area contributed by atoms with Crippen LogP contribution < -0.4 is 22.5 Å². The van der Waals surface area contributed by atoms with E-state index in [1.807, 2.05) is 0 Å². The number of hydrogen-bond donors (Lipinski definition) is 2. The second-order valence-electron chi connectivity index (χ2n) is 9.59. The molecular weight excluding hydrogens is 542 g/mol. The summed E-state index contributed by atoms with van der Waals surface area (Å²) in [4.78, 5) is 75.4. The van der Waals surface area contributed by atoms with Gasteiger partial charge in [0, 0.05) is 36.4 Å². The van der Waals surface area contributed by atoms with Crippen molar-refractivity contribution in [3.8, 4) is 0 Å². The van der Waals surface area contributed by atoms with Crippen LogP contribution in [0, 0.1) is 13.8 Å². The Bertz CT molecular complexity index is 1390. The SMILES string of the molecule is Cc1cn([C@H]2C[C@H](F)[C@@H](COC(=O)CCC(=O)OC[C@H]3O[C@@H](n4cc(C)c(=O)[nH]c4=O)C[C@@H]3F)O2)c(=O)[nH]c1=O. The summed E-state index contributed by atoms with van der Waals surface area (Å²) in [6, 6.07) is 0. The number of aryl methyl sites for hydroxylation is 2. The fourth-order valence-electron chi connectivity index (χ4n) is 4.32. The van der Waals surface area contributed by atoms with Gasteiger partial charge in [-0.2, -0.15) is 0 Å². The van der Waals surface area contributed by atoms with Gasteiger partial charge in [0.2, 0.25) is 0 Å². The number of halogens is 2. The third kappa shape index (κ3) is 6.62. The van der Waals surface area contributed by atoms with Crippen LogP contribution in [0.5, 0.6) is 0 Å². The van der Waals surface area contributed by atoms with Crippen molar-refractivity contribution in [1.29, 1.82) is 0 Å². The van der Waals surface area contributed by atoms with Crippen LogP contribution in [0.2, 0.25) is 0 Å². The lowest BCUT2D eigenvalue weighted by atomic mass is 10.2. The standard InChI is InChI=1S/C24H28F2N4O10/c1-11-7-29(23(35)27-21(11)33)17-5-13(25)15(39-17)9-37-19(31)3-4-20(32)38-10-16-14(26)6-18(40-16)30-8-12(2)22(34)28-24(30)36/h7-8,13-18H,3-6,9-10H2,1-2H3,(H,27,33,35)(H,28,34,36)/t13-,14-,15+,16+,17+,18+/m0/s1. The Labute approximate surface area is 223 Å². The molecule has 218 valence electrons. The number of nitrogens with zero attached hydrogens (tertiary/aromatic N) is 2. The Hall–Kier alpha value is -3.92. The lowest BCUT2D eigenvalue weighted by Gasteiger charge is -2.16. The molecule has 2 aromatic heterocycles. The molecule has 2 saturated heterocycles. The highest BCUT2D eigenvalue weighted by atomic mass is 19.1. The quantitative estimate of drug-likeness (QED) is 0.384. The molecule has 40 heavy (non-hydrogen) atoms. The topological polar surface area (TPSA) is 181 Å². The number of aromatic nitrogens is 4. The Morgan fingerprint density at radius 1 is 0.800 bits per heavy atom. The van der Waals surface area contributed by atoms with E-state index in [4.69, 9.17) is 18.9 Å². The Morgan fingerprint density at radius 2 is 1.18 bits per heavy atom. The minimum Gasteiger partial charge on any atom is -0.463 e. The fraction of sp³-hybridized carbons (Fsp3) is 0.583. The van der Waals surface area contributed by atoms with Gasteiger partial charge in [0.05, 0.1) is 12.8 Å². The number of nitrogens with one attached hydrogen (secondary N) is 2. The van der Waals surface area contributed by atoms with Gasteiger partial charge in [0.15, 0.2) is 0 Å². The zero-order valence-electron chi connectivity index (χ0n) is 21.6. The summed E-state index contributed by atoms with van der Waals surface area (Å²) in [7, 11) is 0. The first-order valence-corrected chi connectivity index (χ1v) is 12.5. The first kappa shape index (κ1) is 29.1. The predicted molar refractivity (Wildman–Crippen MR) is 130 cm³/mol. The van der Waals surface area contributed by atoms with E-state index in [-0.39, 0.29) is 24.0 Å². The molecule has 14 nitrogen and oxygen atoms in total. The van der Waals surface area contributed by atoms with Gasteiger partial charge in [-0.05, 0) is 13.8 Å². The van der Waals surface area contributed by atoms with E-state index in [0.717, 1.165) is 9.13 Å². The molecule has 0 aliphatic carbocycles. The number of carbonyl (C=O) groups excluding carboxylic acids is 2. The molecule has 2 N–H and O–H groups in total. The maximum absolute atomic E-state index is 14.4. The van der Waals surface area contributed by atoms with Crippen molar-refractivity contribution in [3.63, 3.8) is 0 Å². The molecule has 0 saturated carbocycles. The summed E-state index contributed by atoms with van der Waals surface area (Å²) in [5.41, 5.74) is -2.18. The molecule has 4 rings (SSSR count). The van der Waals surface area contributed by atoms with Gasteiger partial charge >= 0.3 is 23.3 Å². The fourth-order valence-corrected chi connectivity index (χ4v) is 4.32. The van der Waals surface area contributed by atoms with E-state index in [1.54, 1.807) is 0 Å². The highest BCUT2D eigenvalue weighted by Gasteiger charge is 2.39. The van der Waals surface area contributed by atoms with Gasteiger partial charge < -0.3 is 18.9 Å². The third-order valence-corrected chi connectivity index (χ3v) is 6.59.